The van der Waals surface area contributed by atoms with E-state index in [1.165, 1.54) is 6.21 Å². The highest BCUT2D eigenvalue weighted by atomic mass is 35.5. The number of rotatable bonds is 5. The van der Waals surface area contributed by atoms with Crippen molar-refractivity contribution in [2.75, 3.05) is 12.3 Å². The first-order chi connectivity index (χ1) is 10.5. The lowest BCUT2D eigenvalue weighted by molar-refractivity contribution is 0.0958. The van der Waals surface area contributed by atoms with Crippen molar-refractivity contribution in [2.24, 2.45) is 5.10 Å². The van der Waals surface area contributed by atoms with Gasteiger partial charge in [0, 0.05) is 0 Å². The molecule has 0 aliphatic heterocycles. The highest BCUT2D eigenvalue weighted by Crippen LogP contribution is 2.24. The summed E-state index contributed by atoms with van der Waals surface area (Å²) in [6.45, 7) is 4.15. The molecule has 0 fully saturated rings. The molecule has 2 rings (SSSR count). The second-order valence-corrected chi connectivity index (χ2v) is 5.73. The molecule has 2 aromatic rings. The molecule has 8 heteroatoms. The number of nitrogens with zero attached hydrogens (tertiary/aromatic N) is 2. The molecule has 0 unspecified atom stereocenters. The zero-order valence-electron chi connectivity index (χ0n) is 12.1. The van der Waals surface area contributed by atoms with Crippen LogP contribution in [0.5, 0.6) is 5.75 Å². The van der Waals surface area contributed by atoms with E-state index in [0.717, 1.165) is 16.9 Å². The van der Waals surface area contributed by atoms with Crippen molar-refractivity contribution in [3.63, 3.8) is 0 Å². The molecule has 22 heavy (non-hydrogen) atoms. The van der Waals surface area contributed by atoms with Crippen LogP contribution in [-0.4, -0.2) is 23.7 Å². The van der Waals surface area contributed by atoms with Gasteiger partial charge in [0.25, 0.3) is 5.91 Å². The Balaban J connectivity index is 2.02. The summed E-state index contributed by atoms with van der Waals surface area (Å²) in [4.78, 5) is 16.4. The van der Waals surface area contributed by atoms with E-state index >= 15 is 0 Å². The zero-order chi connectivity index (χ0) is 16.1. The van der Waals surface area contributed by atoms with E-state index in [0.29, 0.717) is 33.1 Å². The lowest BCUT2D eigenvalue weighted by Gasteiger charge is -2.05. The van der Waals surface area contributed by atoms with Crippen molar-refractivity contribution in [1.82, 2.24) is 10.4 Å². The van der Waals surface area contributed by atoms with E-state index in [2.05, 4.69) is 15.5 Å². The number of carbonyl (C=O) groups excluding carboxylic acids is 1. The minimum Gasteiger partial charge on any atom is -0.492 e. The van der Waals surface area contributed by atoms with Crippen LogP contribution in [0.15, 0.2) is 23.3 Å². The Morgan fingerprint density at radius 1 is 1.59 bits per heavy atom. The summed E-state index contributed by atoms with van der Waals surface area (Å²) in [5.74, 6) is 0.265. The maximum atomic E-state index is 11.9. The average molecular weight is 339 g/mol. The van der Waals surface area contributed by atoms with Gasteiger partial charge < -0.3 is 10.5 Å². The molecule has 0 bridgehead atoms. The fraction of sp³-hybridized carbons (Fsp3) is 0.214. The van der Waals surface area contributed by atoms with Crippen LogP contribution in [0.3, 0.4) is 0 Å². The Kier molecular flexibility index (Phi) is 5.35. The number of aromatic nitrogens is 1. The highest BCUT2D eigenvalue weighted by molar-refractivity contribution is 7.17. The monoisotopic (exact) mass is 338 g/mol. The Bertz CT molecular complexity index is 715. The molecule has 1 aromatic carbocycles. The molecule has 0 atom stereocenters. The molecule has 0 saturated carbocycles. The highest BCUT2D eigenvalue weighted by Gasteiger charge is 2.13. The summed E-state index contributed by atoms with van der Waals surface area (Å²) < 4.78 is 5.34. The summed E-state index contributed by atoms with van der Waals surface area (Å²) in [6.07, 6.45) is 1.50. The van der Waals surface area contributed by atoms with Crippen LogP contribution in [0.1, 0.15) is 27.9 Å². The largest absolute Gasteiger partial charge is 0.492 e. The number of benzene rings is 1. The molecule has 0 radical (unpaired) electrons. The van der Waals surface area contributed by atoms with E-state index < -0.39 is 0 Å². The molecule has 6 nitrogen and oxygen atoms in total. The van der Waals surface area contributed by atoms with Gasteiger partial charge >= 0.3 is 0 Å². The first-order valence-corrected chi connectivity index (χ1v) is 7.69. The first kappa shape index (κ1) is 16.3. The van der Waals surface area contributed by atoms with E-state index in [1.54, 1.807) is 25.1 Å². The van der Waals surface area contributed by atoms with Crippen molar-refractivity contribution in [1.29, 1.82) is 0 Å². The van der Waals surface area contributed by atoms with Crippen LogP contribution in [0.2, 0.25) is 5.02 Å². The van der Waals surface area contributed by atoms with Crippen LogP contribution in [0.25, 0.3) is 0 Å². The standard InChI is InChI=1S/C14H15ClN4O2S/c1-3-21-11-5-4-9(6-10(11)15)7-17-19-13(20)12-8(2)18-14(16)22-12/h4-7H,3H2,1-2H3,(H2,16,18)(H,19,20)/b17-7-. The second-order valence-electron chi connectivity index (χ2n) is 4.29. The number of thiazole rings is 1. The molecule has 1 heterocycles. The SMILES string of the molecule is CCOc1ccc(/C=N\NC(=O)c2sc(N)nc2C)cc1Cl. The van der Waals surface area contributed by atoms with Crippen LogP contribution < -0.4 is 15.9 Å². The maximum Gasteiger partial charge on any atom is 0.283 e. The van der Waals surface area contributed by atoms with E-state index in [-0.39, 0.29) is 5.91 Å². The summed E-state index contributed by atoms with van der Waals surface area (Å²) in [6, 6.07) is 5.25. The fourth-order valence-electron chi connectivity index (χ4n) is 1.71. The third-order valence-electron chi connectivity index (χ3n) is 2.65. The predicted molar refractivity (Wildman–Crippen MR) is 88.9 cm³/mol. The van der Waals surface area contributed by atoms with Gasteiger partial charge in [-0.1, -0.05) is 22.9 Å². The molecule has 0 aliphatic rings. The van der Waals surface area contributed by atoms with Crippen LogP contribution in [-0.2, 0) is 0 Å². The van der Waals surface area contributed by atoms with Crippen molar-refractivity contribution in [3.8, 4) is 5.75 Å². The summed E-state index contributed by atoms with van der Waals surface area (Å²) in [5.41, 5.74) is 9.31. The average Bonchev–Trinajstić information content (AvgIpc) is 2.81. The third-order valence-corrected chi connectivity index (χ3v) is 3.94. The van der Waals surface area contributed by atoms with Crippen LogP contribution in [0, 0.1) is 6.92 Å². The summed E-state index contributed by atoms with van der Waals surface area (Å²) in [7, 11) is 0. The lowest BCUT2D eigenvalue weighted by Crippen LogP contribution is -2.17. The van der Waals surface area contributed by atoms with E-state index in [9.17, 15) is 4.79 Å². The van der Waals surface area contributed by atoms with Crippen LogP contribution >= 0.6 is 22.9 Å². The Hall–Kier alpha value is -2.12. The van der Waals surface area contributed by atoms with Gasteiger partial charge in [0.05, 0.1) is 23.5 Å². The number of ether oxygens (including phenoxy) is 1. The topological polar surface area (TPSA) is 89.6 Å². The number of hydrazone groups is 1. The Morgan fingerprint density at radius 2 is 2.36 bits per heavy atom. The lowest BCUT2D eigenvalue weighted by atomic mass is 10.2. The van der Waals surface area contributed by atoms with E-state index in [1.807, 2.05) is 6.92 Å². The number of carbonyl (C=O) groups is 1. The molecule has 1 aromatic heterocycles. The van der Waals surface area contributed by atoms with Gasteiger partial charge in [0.15, 0.2) is 5.13 Å². The van der Waals surface area contributed by atoms with Gasteiger partial charge in [-0.2, -0.15) is 5.10 Å². The summed E-state index contributed by atoms with van der Waals surface area (Å²) >= 11 is 7.20. The van der Waals surface area contributed by atoms with Crippen molar-refractivity contribution >= 4 is 40.2 Å². The zero-order valence-corrected chi connectivity index (χ0v) is 13.7. The summed E-state index contributed by atoms with van der Waals surface area (Å²) in [5, 5.41) is 4.74. The van der Waals surface area contributed by atoms with Crippen molar-refractivity contribution in [3.05, 3.63) is 39.4 Å². The van der Waals surface area contributed by atoms with Crippen molar-refractivity contribution in [2.45, 2.75) is 13.8 Å². The minimum atomic E-state index is -0.347. The predicted octanol–water partition coefficient (Wildman–Crippen LogP) is 2.85. The number of nitrogen functional groups attached to an aromatic ring is 1. The second kappa shape index (κ2) is 7.24. The van der Waals surface area contributed by atoms with Gasteiger partial charge in [-0.25, -0.2) is 10.4 Å². The number of hydrogen-bond donors (Lipinski definition) is 2. The number of hydrogen-bond acceptors (Lipinski definition) is 6. The number of nitrogens with one attached hydrogen (secondary N) is 1. The van der Waals surface area contributed by atoms with Gasteiger partial charge in [-0.3, -0.25) is 4.79 Å². The number of anilines is 1. The molecule has 0 spiro atoms. The number of halogens is 1. The third kappa shape index (κ3) is 3.96. The quantitative estimate of drug-likeness (QED) is 0.648. The first-order valence-electron chi connectivity index (χ1n) is 6.50. The maximum absolute atomic E-state index is 11.9. The molecule has 1 amide bonds. The van der Waals surface area contributed by atoms with Gasteiger partial charge in [-0.05, 0) is 37.6 Å². The van der Waals surface area contributed by atoms with E-state index in [4.69, 9.17) is 22.1 Å². The van der Waals surface area contributed by atoms with Crippen molar-refractivity contribution < 1.29 is 9.53 Å². The molecular weight excluding hydrogens is 324 g/mol. The number of amides is 1. The smallest absolute Gasteiger partial charge is 0.283 e. The molecular formula is C14H15ClN4O2S. The molecule has 0 aliphatic carbocycles. The van der Waals surface area contributed by atoms with Gasteiger partial charge in [-0.15, -0.1) is 0 Å². The normalized spacial score (nSPS) is 10.9. The molecule has 0 saturated heterocycles. The minimum absolute atomic E-state index is 0.347. The Labute approximate surface area is 137 Å². The van der Waals surface area contributed by atoms with Gasteiger partial charge in [0.2, 0.25) is 0 Å². The molecule has 116 valence electrons. The van der Waals surface area contributed by atoms with Gasteiger partial charge in [0.1, 0.15) is 10.6 Å². The molecule has 3 N–H and O–H groups in total. The number of aryl methyl sites for hydroxylation is 1. The van der Waals surface area contributed by atoms with Crippen LogP contribution in [0.4, 0.5) is 5.13 Å². The fourth-order valence-corrected chi connectivity index (χ4v) is 2.68. The number of nitrogens with two attached hydrogens (primary N) is 1. The Morgan fingerprint density at radius 3 is 2.95 bits per heavy atom.